The molecule has 1 heterocycles. The Kier molecular flexibility index (Phi) is 7.19. The zero-order valence-corrected chi connectivity index (χ0v) is 15.5. The number of hydrogen-bond donors (Lipinski definition) is 2. The van der Waals surface area contributed by atoms with Crippen LogP contribution in [0.5, 0.6) is 0 Å². The molecule has 1 aromatic heterocycles. The zero-order chi connectivity index (χ0) is 19.0. The van der Waals surface area contributed by atoms with E-state index in [1.807, 2.05) is 6.92 Å². The van der Waals surface area contributed by atoms with Crippen molar-refractivity contribution in [1.82, 2.24) is 20.0 Å². The quantitative estimate of drug-likeness (QED) is 0.636. The van der Waals surface area contributed by atoms with Crippen LogP contribution in [-0.2, 0) is 14.8 Å². The van der Waals surface area contributed by atoms with Crippen LogP contribution in [0.3, 0.4) is 0 Å². The fraction of sp³-hybridized carbons (Fsp3) is 0.353. The highest BCUT2D eigenvalue weighted by Crippen LogP contribution is 2.16. The maximum absolute atomic E-state index is 12.6. The molecule has 2 N–H and O–H groups in total. The predicted octanol–water partition coefficient (Wildman–Crippen LogP) is 1.28. The van der Waals surface area contributed by atoms with Crippen LogP contribution in [0.4, 0.5) is 0 Å². The van der Waals surface area contributed by atoms with Crippen LogP contribution >= 0.6 is 0 Å². The van der Waals surface area contributed by atoms with Crippen LogP contribution in [0.15, 0.2) is 47.8 Å². The van der Waals surface area contributed by atoms with Crippen LogP contribution in [0, 0.1) is 0 Å². The van der Waals surface area contributed by atoms with E-state index in [2.05, 4.69) is 20.0 Å². The van der Waals surface area contributed by atoms with Crippen molar-refractivity contribution in [2.24, 2.45) is 0 Å². The van der Waals surface area contributed by atoms with E-state index in [0.29, 0.717) is 25.5 Å². The maximum Gasteiger partial charge on any atom is 0.251 e. The van der Waals surface area contributed by atoms with Crippen molar-refractivity contribution in [3.63, 3.8) is 0 Å². The molecule has 0 saturated heterocycles. The maximum atomic E-state index is 12.6. The van der Waals surface area contributed by atoms with E-state index in [0.717, 1.165) is 0 Å². The minimum absolute atomic E-state index is 0.0101. The molecule has 140 valence electrons. The lowest BCUT2D eigenvalue weighted by Crippen LogP contribution is -2.29. The van der Waals surface area contributed by atoms with Crippen molar-refractivity contribution >= 4 is 15.9 Å². The standard InChI is InChI=1S/C17H22N4O4S/c1-3-25-10-9-19-17(22)14-5-4-6-15(11-14)26(23,24)21-13(2)16-7-8-18-12-20-16/h4-8,11-13,21H,3,9-10H2,1-2H3,(H,19,22)/t13-/m0/s1. The van der Waals surface area contributed by atoms with Crippen molar-refractivity contribution in [2.45, 2.75) is 24.8 Å². The van der Waals surface area contributed by atoms with Gasteiger partial charge in [-0.25, -0.2) is 23.1 Å². The van der Waals surface area contributed by atoms with Crippen molar-refractivity contribution < 1.29 is 17.9 Å². The Morgan fingerprint density at radius 2 is 2.12 bits per heavy atom. The van der Waals surface area contributed by atoms with Crippen LogP contribution in [-0.4, -0.2) is 44.1 Å². The number of benzene rings is 1. The third-order valence-electron chi connectivity index (χ3n) is 3.52. The van der Waals surface area contributed by atoms with Crippen molar-refractivity contribution in [1.29, 1.82) is 0 Å². The molecule has 0 aliphatic carbocycles. The lowest BCUT2D eigenvalue weighted by atomic mass is 10.2. The van der Waals surface area contributed by atoms with Crippen molar-refractivity contribution in [3.05, 3.63) is 54.1 Å². The lowest BCUT2D eigenvalue weighted by molar-refractivity contribution is 0.0922. The fourth-order valence-electron chi connectivity index (χ4n) is 2.21. The summed E-state index contributed by atoms with van der Waals surface area (Å²) in [5.74, 6) is -0.356. The van der Waals surface area contributed by atoms with Crippen LogP contribution < -0.4 is 10.0 Å². The summed E-state index contributed by atoms with van der Waals surface area (Å²) in [6.45, 7) is 4.88. The van der Waals surface area contributed by atoms with Gasteiger partial charge in [-0.1, -0.05) is 6.07 Å². The number of carbonyl (C=O) groups excluding carboxylic acids is 1. The molecule has 26 heavy (non-hydrogen) atoms. The number of carbonyl (C=O) groups is 1. The van der Waals surface area contributed by atoms with Gasteiger partial charge in [-0.05, 0) is 38.1 Å². The summed E-state index contributed by atoms with van der Waals surface area (Å²) in [6, 6.07) is 6.96. The third-order valence-corrected chi connectivity index (χ3v) is 5.06. The number of rotatable bonds is 9. The number of amides is 1. The predicted molar refractivity (Wildman–Crippen MR) is 96.0 cm³/mol. The summed E-state index contributed by atoms with van der Waals surface area (Å²) in [5.41, 5.74) is 0.812. The number of ether oxygens (including phenoxy) is 1. The van der Waals surface area contributed by atoms with Crippen molar-refractivity contribution in [2.75, 3.05) is 19.8 Å². The van der Waals surface area contributed by atoms with Gasteiger partial charge in [0.15, 0.2) is 0 Å². The van der Waals surface area contributed by atoms with E-state index in [4.69, 9.17) is 4.74 Å². The molecule has 0 saturated carbocycles. The van der Waals surface area contributed by atoms with E-state index in [-0.39, 0.29) is 16.4 Å². The molecule has 9 heteroatoms. The van der Waals surface area contributed by atoms with Crippen LogP contribution in [0.2, 0.25) is 0 Å². The van der Waals surface area contributed by atoms with Gasteiger partial charge in [0.05, 0.1) is 23.2 Å². The average molecular weight is 378 g/mol. The van der Waals surface area contributed by atoms with Gasteiger partial charge in [0.25, 0.3) is 5.91 Å². The molecule has 0 radical (unpaired) electrons. The average Bonchev–Trinajstić information content (AvgIpc) is 2.65. The number of nitrogens with zero attached hydrogens (tertiary/aromatic N) is 2. The summed E-state index contributed by atoms with van der Waals surface area (Å²) in [7, 11) is -3.81. The van der Waals surface area contributed by atoms with Gasteiger partial charge in [-0.3, -0.25) is 4.79 Å². The lowest BCUT2D eigenvalue weighted by Gasteiger charge is -2.14. The Hall–Kier alpha value is -2.36. The van der Waals surface area contributed by atoms with Gasteiger partial charge in [-0.15, -0.1) is 0 Å². The first-order valence-corrected chi connectivity index (χ1v) is 9.66. The number of sulfonamides is 1. The first-order valence-electron chi connectivity index (χ1n) is 8.18. The van der Waals surface area contributed by atoms with Gasteiger partial charge in [0.2, 0.25) is 10.0 Å². The summed E-state index contributed by atoms with van der Waals surface area (Å²) in [4.78, 5) is 20.0. The molecule has 1 amide bonds. The second-order valence-electron chi connectivity index (χ2n) is 5.46. The summed E-state index contributed by atoms with van der Waals surface area (Å²) in [6.07, 6.45) is 2.90. The molecule has 2 aromatic rings. The molecule has 0 aliphatic heterocycles. The fourth-order valence-corrected chi connectivity index (χ4v) is 3.47. The van der Waals surface area contributed by atoms with Crippen LogP contribution in [0.1, 0.15) is 35.9 Å². The van der Waals surface area contributed by atoms with Gasteiger partial charge in [0, 0.05) is 24.9 Å². The Bertz CT molecular complexity index is 828. The normalized spacial score (nSPS) is 12.5. The Balaban J connectivity index is 2.08. The summed E-state index contributed by atoms with van der Waals surface area (Å²) >= 11 is 0. The Morgan fingerprint density at radius 3 is 2.81 bits per heavy atom. The largest absolute Gasteiger partial charge is 0.380 e. The van der Waals surface area contributed by atoms with Gasteiger partial charge in [0.1, 0.15) is 6.33 Å². The first kappa shape index (κ1) is 20.0. The molecular formula is C17H22N4O4S. The van der Waals surface area contributed by atoms with E-state index in [9.17, 15) is 13.2 Å². The zero-order valence-electron chi connectivity index (χ0n) is 14.7. The van der Waals surface area contributed by atoms with Gasteiger partial charge < -0.3 is 10.1 Å². The first-order chi connectivity index (χ1) is 12.4. The highest BCUT2D eigenvalue weighted by atomic mass is 32.2. The molecule has 0 aliphatic rings. The Labute approximate surface area is 153 Å². The highest BCUT2D eigenvalue weighted by molar-refractivity contribution is 7.89. The van der Waals surface area contributed by atoms with E-state index in [1.165, 1.54) is 24.5 Å². The molecule has 8 nitrogen and oxygen atoms in total. The molecule has 1 aromatic carbocycles. The molecule has 2 rings (SSSR count). The Morgan fingerprint density at radius 1 is 1.31 bits per heavy atom. The van der Waals surface area contributed by atoms with E-state index >= 15 is 0 Å². The molecule has 0 fully saturated rings. The minimum Gasteiger partial charge on any atom is -0.380 e. The van der Waals surface area contributed by atoms with Gasteiger partial charge in [-0.2, -0.15) is 0 Å². The van der Waals surface area contributed by atoms with Gasteiger partial charge >= 0.3 is 0 Å². The number of aromatic nitrogens is 2. The van der Waals surface area contributed by atoms with E-state index < -0.39 is 16.1 Å². The topological polar surface area (TPSA) is 110 Å². The minimum atomic E-state index is -3.81. The molecule has 1 atom stereocenters. The monoisotopic (exact) mass is 378 g/mol. The summed E-state index contributed by atoms with van der Waals surface area (Å²) in [5, 5.41) is 2.68. The van der Waals surface area contributed by atoms with E-state index in [1.54, 1.807) is 25.3 Å². The number of nitrogens with one attached hydrogen (secondary N) is 2. The molecular weight excluding hydrogens is 356 g/mol. The highest BCUT2D eigenvalue weighted by Gasteiger charge is 2.20. The molecule has 0 unspecified atom stereocenters. The summed E-state index contributed by atoms with van der Waals surface area (Å²) < 4.78 is 32.9. The van der Waals surface area contributed by atoms with Crippen LogP contribution in [0.25, 0.3) is 0 Å². The smallest absolute Gasteiger partial charge is 0.251 e. The second-order valence-corrected chi connectivity index (χ2v) is 7.17. The second kappa shape index (κ2) is 9.37. The SMILES string of the molecule is CCOCCNC(=O)c1cccc(S(=O)(=O)N[C@@H](C)c2ccncn2)c1. The van der Waals surface area contributed by atoms with Crippen molar-refractivity contribution in [3.8, 4) is 0 Å². The molecule has 0 bridgehead atoms. The third kappa shape index (κ3) is 5.58. The number of hydrogen-bond acceptors (Lipinski definition) is 6. The molecule has 0 spiro atoms.